The maximum Gasteiger partial charge on any atom is 0.472 e. The van der Waals surface area contributed by atoms with Gasteiger partial charge in [0.05, 0.1) is 26.4 Å². The van der Waals surface area contributed by atoms with Crippen LogP contribution in [0.1, 0.15) is 265 Å². The van der Waals surface area contributed by atoms with Crippen LogP contribution in [-0.4, -0.2) is 95.9 Å². The summed E-state index contributed by atoms with van der Waals surface area (Å²) in [5.41, 5.74) is 0. The Labute approximate surface area is 466 Å². The summed E-state index contributed by atoms with van der Waals surface area (Å²) >= 11 is 0. The summed E-state index contributed by atoms with van der Waals surface area (Å²) in [6.45, 7) is 2.60. The Hall–Kier alpha value is -2.23. The second-order valence-electron chi connectivity index (χ2n) is 20.5. The fraction of sp³-hybridized carbons (Fsp3) is 0.847. The Morgan fingerprint density at radius 1 is 0.351 bits per heavy atom. The molecule has 0 fully saturated rings. The summed E-state index contributed by atoms with van der Waals surface area (Å²) in [4.78, 5) is 58.0. The van der Waals surface area contributed by atoms with E-state index >= 15 is 0 Å². The summed E-state index contributed by atoms with van der Waals surface area (Å²) in [6.07, 6.45) is 47.9. The number of phosphoric acid groups is 2. The number of phosphoric ester groups is 2. The van der Waals surface area contributed by atoms with E-state index in [2.05, 4.69) is 57.2 Å². The Morgan fingerprint density at radius 3 is 0.961 bits per heavy atom. The molecule has 0 aliphatic rings. The van der Waals surface area contributed by atoms with Gasteiger partial charge in [-0.1, -0.05) is 186 Å². The minimum atomic E-state index is -4.91. The molecule has 0 aliphatic carbocycles. The average molecular weight is 1140 g/mol. The van der Waals surface area contributed by atoms with E-state index in [4.69, 9.17) is 32.3 Å². The highest BCUT2D eigenvalue weighted by molar-refractivity contribution is 7.47. The van der Waals surface area contributed by atoms with Crippen LogP contribution in [0.4, 0.5) is 0 Å². The zero-order valence-electron chi connectivity index (χ0n) is 48.4. The summed E-state index contributed by atoms with van der Waals surface area (Å²) in [5.74, 6) is -1.59. The number of esters is 3. The molecule has 5 atom stereocenters. The van der Waals surface area contributed by atoms with Crippen LogP contribution in [0.25, 0.3) is 0 Å². The van der Waals surface area contributed by atoms with E-state index < -0.39 is 91.5 Å². The minimum Gasteiger partial charge on any atom is -0.463 e. The van der Waals surface area contributed by atoms with Gasteiger partial charge in [0.15, 0.2) is 6.10 Å². The lowest BCUT2D eigenvalue weighted by Gasteiger charge is -2.21. The van der Waals surface area contributed by atoms with E-state index in [-0.39, 0.29) is 19.3 Å². The number of hydrogen-bond acceptors (Lipinski definition) is 14. The van der Waals surface area contributed by atoms with Gasteiger partial charge in [-0.15, -0.1) is 0 Å². The van der Waals surface area contributed by atoms with Gasteiger partial charge in [0, 0.05) is 19.3 Å². The van der Waals surface area contributed by atoms with E-state index in [0.29, 0.717) is 19.3 Å². The number of carbonyl (C=O) groups is 3. The normalized spacial score (nSPS) is 14.7. The van der Waals surface area contributed by atoms with Gasteiger partial charge in [0.1, 0.15) is 25.4 Å². The molecule has 0 aliphatic heterocycles. The van der Waals surface area contributed by atoms with Crippen molar-refractivity contribution in [1.29, 1.82) is 0 Å². The van der Waals surface area contributed by atoms with Crippen LogP contribution in [-0.2, 0) is 55.8 Å². The average Bonchev–Trinajstić information content (AvgIpc) is 3.40. The molecule has 16 nitrogen and oxygen atoms in total. The number of hydrogen-bond donors (Lipinski definition) is 4. The fourth-order valence-corrected chi connectivity index (χ4v) is 9.67. The van der Waals surface area contributed by atoms with E-state index in [0.717, 1.165) is 116 Å². The van der Waals surface area contributed by atoms with Crippen molar-refractivity contribution in [1.82, 2.24) is 0 Å². The standard InChI is InChI=1S/C59H110O16P2/c1-4-7-10-13-16-19-22-25-26-29-31-33-36-39-42-45-57(62)69-48-54(60)49-71-76(65,66)72-50-55(61)51-73-77(67,68)74-53-56(75-59(64)47-44-41-38-35-32-28-24-21-18-15-12-9-6-3)52-70-58(63)46-43-40-37-34-30-27-23-20-17-14-11-8-5-2/h20-21,23-26,54-56,60-61H,4-19,22,27-53H2,1-3H3,(H,65,66)(H,67,68)/b23-20-,24-21-,26-25-. The van der Waals surface area contributed by atoms with Crippen LogP contribution < -0.4 is 0 Å². The van der Waals surface area contributed by atoms with Crippen LogP contribution >= 0.6 is 15.6 Å². The van der Waals surface area contributed by atoms with Gasteiger partial charge in [-0.25, -0.2) is 9.13 Å². The molecular formula is C59H110O16P2. The molecule has 0 bridgehead atoms. The van der Waals surface area contributed by atoms with Crippen LogP contribution in [0.15, 0.2) is 36.5 Å². The Morgan fingerprint density at radius 2 is 0.610 bits per heavy atom. The maximum absolute atomic E-state index is 12.8. The van der Waals surface area contributed by atoms with E-state index in [1.807, 2.05) is 0 Å². The second-order valence-corrected chi connectivity index (χ2v) is 23.4. The third-order valence-electron chi connectivity index (χ3n) is 12.8. The molecule has 5 unspecified atom stereocenters. The van der Waals surface area contributed by atoms with Gasteiger partial charge < -0.3 is 34.2 Å². The van der Waals surface area contributed by atoms with Crippen LogP contribution in [0.2, 0.25) is 0 Å². The third kappa shape index (κ3) is 55.5. The molecule has 4 N–H and O–H groups in total. The largest absolute Gasteiger partial charge is 0.472 e. The van der Waals surface area contributed by atoms with Crippen molar-refractivity contribution in [2.24, 2.45) is 0 Å². The Bertz CT molecular complexity index is 1570. The monoisotopic (exact) mass is 1140 g/mol. The highest BCUT2D eigenvalue weighted by atomic mass is 31.2. The molecule has 0 aromatic heterocycles. The number of aliphatic hydroxyl groups excluding tert-OH is 2. The lowest BCUT2D eigenvalue weighted by molar-refractivity contribution is -0.161. The first kappa shape index (κ1) is 74.8. The Kier molecular flexibility index (Phi) is 52.8. The molecule has 0 aromatic rings. The highest BCUT2D eigenvalue weighted by Gasteiger charge is 2.29. The topological polar surface area (TPSA) is 231 Å². The molecule has 0 saturated heterocycles. The van der Waals surface area contributed by atoms with E-state index in [1.165, 1.54) is 89.9 Å². The third-order valence-corrected chi connectivity index (χ3v) is 14.7. The van der Waals surface area contributed by atoms with Crippen molar-refractivity contribution in [2.45, 2.75) is 283 Å². The molecule has 0 radical (unpaired) electrons. The predicted molar refractivity (Wildman–Crippen MR) is 307 cm³/mol. The zero-order chi connectivity index (χ0) is 56.8. The summed E-state index contributed by atoms with van der Waals surface area (Å²) in [6, 6.07) is 0. The molecule has 0 saturated carbocycles. The first-order valence-corrected chi connectivity index (χ1v) is 33.3. The SMILES string of the molecule is CCCCCC/C=C\CCCCCCCC(=O)OCC(COP(=O)(O)OCC(O)COP(=O)(O)OCC(O)COC(=O)CCCCCCC/C=C\CCCCCCCC)OC(=O)CCCCCCC/C=C\CCCCCC. The lowest BCUT2D eigenvalue weighted by atomic mass is 10.1. The van der Waals surface area contributed by atoms with Gasteiger partial charge >= 0.3 is 33.6 Å². The van der Waals surface area contributed by atoms with Crippen LogP contribution in [0.3, 0.4) is 0 Å². The molecular weight excluding hydrogens is 1030 g/mol. The summed E-state index contributed by atoms with van der Waals surface area (Å²) < 4.78 is 60.6. The Balaban J connectivity index is 4.68. The molecule has 452 valence electrons. The molecule has 0 spiro atoms. The second kappa shape index (κ2) is 54.4. The van der Waals surface area contributed by atoms with Gasteiger partial charge in [0.25, 0.3) is 0 Å². The number of ether oxygens (including phenoxy) is 3. The zero-order valence-corrected chi connectivity index (χ0v) is 50.2. The van der Waals surface area contributed by atoms with Crippen molar-refractivity contribution in [3.05, 3.63) is 36.5 Å². The number of carbonyl (C=O) groups excluding carboxylic acids is 3. The predicted octanol–water partition coefficient (Wildman–Crippen LogP) is 15.5. The van der Waals surface area contributed by atoms with Crippen LogP contribution in [0, 0.1) is 0 Å². The maximum atomic E-state index is 12.8. The minimum absolute atomic E-state index is 0.0967. The van der Waals surface area contributed by atoms with Gasteiger partial charge in [-0.3, -0.25) is 32.5 Å². The molecule has 0 rings (SSSR count). The van der Waals surface area contributed by atoms with Crippen molar-refractivity contribution in [2.75, 3.05) is 39.6 Å². The van der Waals surface area contributed by atoms with Gasteiger partial charge in [0.2, 0.25) is 0 Å². The molecule has 18 heteroatoms. The number of unbranched alkanes of at least 4 members (excludes halogenated alkanes) is 29. The summed E-state index contributed by atoms with van der Waals surface area (Å²) in [5, 5.41) is 20.4. The van der Waals surface area contributed by atoms with Gasteiger partial charge in [-0.2, -0.15) is 0 Å². The van der Waals surface area contributed by atoms with E-state index in [9.17, 15) is 43.5 Å². The highest BCUT2D eigenvalue weighted by Crippen LogP contribution is 2.45. The first-order valence-electron chi connectivity index (χ1n) is 30.3. The van der Waals surface area contributed by atoms with Gasteiger partial charge in [-0.05, 0) is 96.3 Å². The quantitative estimate of drug-likeness (QED) is 0.0146. The molecule has 0 aromatic carbocycles. The molecule has 77 heavy (non-hydrogen) atoms. The number of rotatable bonds is 58. The van der Waals surface area contributed by atoms with Crippen molar-refractivity contribution in [3.63, 3.8) is 0 Å². The smallest absolute Gasteiger partial charge is 0.463 e. The van der Waals surface area contributed by atoms with Crippen molar-refractivity contribution < 1.29 is 75.8 Å². The first-order chi connectivity index (χ1) is 37.2. The lowest BCUT2D eigenvalue weighted by Crippen LogP contribution is -2.30. The van der Waals surface area contributed by atoms with Crippen molar-refractivity contribution >= 4 is 33.6 Å². The summed E-state index contributed by atoms with van der Waals surface area (Å²) in [7, 11) is -9.75. The number of allylic oxidation sites excluding steroid dienone is 6. The van der Waals surface area contributed by atoms with E-state index in [1.54, 1.807) is 0 Å². The fourth-order valence-electron chi connectivity index (χ4n) is 8.08. The van der Waals surface area contributed by atoms with Crippen molar-refractivity contribution in [3.8, 4) is 0 Å². The van der Waals surface area contributed by atoms with Crippen LogP contribution in [0.5, 0.6) is 0 Å². The molecule has 0 heterocycles. The number of aliphatic hydroxyl groups is 2. The molecule has 0 amide bonds.